The largest absolute Gasteiger partial charge is 0.463 e. The number of rotatable bonds is 27. The average Bonchev–Trinajstić information content (AvgIpc) is 2.97. The molecule has 0 aromatic rings. The van der Waals surface area contributed by atoms with E-state index in [0.29, 0.717) is 19.3 Å². The Morgan fingerprint density at radius 3 is 1.71 bits per heavy atom. The first kappa shape index (κ1) is 39.6. The van der Waals surface area contributed by atoms with Gasteiger partial charge in [0.05, 0.1) is 6.10 Å². The molecule has 0 bridgehead atoms. The van der Waals surface area contributed by atoms with Crippen LogP contribution in [0.25, 0.3) is 0 Å². The molecule has 6 nitrogen and oxygen atoms in total. The number of esters is 2. The van der Waals surface area contributed by atoms with E-state index in [0.717, 1.165) is 57.3 Å². The van der Waals surface area contributed by atoms with Crippen molar-refractivity contribution in [2.45, 2.75) is 136 Å². The molecule has 240 valence electrons. The molecule has 0 unspecified atom stereocenters. The number of hydrogen-bond acceptors (Lipinski definition) is 6. The minimum Gasteiger partial charge on any atom is -0.463 e. The predicted molar refractivity (Wildman–Crippen MR) is 174 cm³/mol. The third-order valence-electron chi connectivity index (χ3n) is 6.60. The standard InChI is InChI=1S/C36H60O6/c1-4-33(37)27-23-19-15-11-9-7-5-6-8-10-12-16-20-24-28-35(39)41-30-34(38)31-42-36(40)29-25-21-17-13-14-18-22-26-32(2)3/h6-9,12,15-16,19,23,27,32-34,37-38H,4-5,10-11,13-14,17-18,20-22,24-26,28-31H2,1-3H3/b8-6-,9-7-,16-12-,19-15-,27-23+/t33-,34+/m0/s1. The van der Waals surface area contributed by atoms with Crippen molar-refractivity contribution in [3.63, 3.8) is 0 Å². The summed E-state index contributed by atoms with van der Waals surface area (Å²) >= 11 is 0. The van der Waals surface area contributed by atoms with E-state index in [1.54, 1.807) is 6.08 Å². The van der Waals surface area contributed by atoms with Gasteiger partial charge in [-0.1, -0.05) is 126 Å². The Morgan fingerprint density at radius 1 is 0.643 bits per heavy atom. The van der Waals surface area contributed by atoms with Crippen molar-refractivity contribution in [1.29, 1.82) is 0 Å². The summed E-state index contributed by atoms with van der Waals surface area (Å²) in [5.41, 5.74) is 0. The molecule has 0 fully saturated rings. The summed E-state index contributed by atoms with van der Waals surface area (Å²) in [6, 6.07) is 0. The Labute approximate surface area is 256 Å². The molecule has 2 N–H and O–H groups in total. The summed E-state index contributed by atoms with van der Waals surface area (Å²) < 4.78 is 10.2. The second-order valence-electron chi connectivity index (χ2n) is 11.2. The number of aliphatic hydroxyl groups excluding tert-OH is 2. The summed E-state index contributed by atoms with van der Waals surface area (Å²) in [7, 11) is 0. The molecule has 0 aliphatic rings. The highest BCUT2D eigenvalue weighted by Crippen LogP contribution is 2.13. The van der Waals surface area contributed by atoms with Crippen molar-refractivity contribution in [2.75, 3.05) is 13.2 Å². The molecule has 6 heteroatoms. The molecular weight excluding hydrogens is 528 g/mol. The number of unbranched alkanes of at least 4 members (excludes halogenated alkanes) is 7. The molecule has 0 rings (SSSR count). The van der Waals surface area contributed by atoms with Gasteiger partial charge in [-0.25, -0.2) is 0 Å². The van der Waals surface area contributed by atoms with Crippen LogP contribution in [0.1, 0.15) is 124 Å². The van der Waals surface area contributed by atoms with Crippen LogP contribution in [-0.4, -0.2) is 47.6 Å². The number of allylic oxidation sites excluding steroid dienone is 9. The van der Waals surface area contributed by atoms with Crippen LogP contribution in [0.5, 0.6) is 0 Å². The lowest BCUT2D eigenvalue weighted by atomic mass is 10.0. The smallest absolute Gasteiger partial charge is 0.305 e. The van der Waals surface area contributed by atoms with Gasteiger partial charge in [-0.05, 0) is 50.9 Å². The zero-order valence-corrected chi connectivity index (χ0v) is 26.8. The normalized spacial score (nSPS) is 13.9. The second-order valence-corrected chi connectivity index (χ2v) is 11.2. The van der Waals surface area contributed by atoms with Gasteiger partial charge in [0, 0.05) is 12.8 Å². The molecule has 0 saturated carbocycles. The summed E-state index contributed by atoms with van der Waals surface area (Å²) in [5, 5.41) is 19.3. The van der Waals surface area contributed by atoms with Gasteiger partial charge in [0.15, 0.2) is 0 Å². The van der Waals surface area contributed by atoms with Crippen LogP contribution in [0.15, 0.2) is 60.8 Å². The van der Waals surface area contributed by atoms with Crippen LogP contribution in [0.4, 0.5) is 0 Å². The van der Waals surface area contributed by atoms with Gasteiger partial charge >= 0.3 is 11.9 Å². The van der Waals surface area contributed by atoms with E-state index in [1.807, 2.05) is 19.1 Å². The predicted octanol–water partition coefficient (Wildman–Crippen LogP) is 8.49. The number of carbonyl (C=O) groups is 2. The van der Waals surface area contributed by atoms with E-state index < -0.39 is 6.10 Å². The average molecular weight is 589 g/mol. The zero-order valence-electron chi connectivity index (χ0n) is 26.8. The Balaban J connectivity index is 3.64. The number of carbonyl (C=O) groups excluding carboxylic acids is 2. The molecule has 0 amide bonds. The minimum absolute atomic E-state index is 0.145. The highest BCUT2D eigenvalue weighted by molar-refractivity contribution is 5.69. The molecule has 0 radical (unpaired) electrons. The number of ether oxygens (including phenoxy) is 2. The maximum atomic E-state index is 11.9. The first-order chi connectivity index (χ1) is 20.3. The monoisotopic (exact) mass is 588 g/mol. The van der Waals surface area contributed by atoms with Crippen LogP contribution in [0.3, 0.4) is 0 Å². The lowest BCUT2D eigenvalue weighted by molar-refractivity contribution is -0.152. The van der Waals surface area contributed by atoms with Gasteiger partial charge in [-0.3, -0.25) is 9.59 Å². The molecule has 0 saturated heterocycles. The maximum absolute atomic E-state index is 11.9. The highest BCUT2D eigenvalue weighted by Gasteiger charge is 2.11. The van der Waals surface area contributed by atoms with E-state index in [4.69, 9.17) is 9.47 Å². The summed E-state index contributed by atoms with van der Waals surface area (Å²) in [4.78, 5) is 23.7. The van der Waals surface area contributed by atoms with Gasteiger partial charge in [0.25, 0.3) is 0 Å². The third-order valence-corrected chi connectivity index (χ3v) is 6.60. The lowest BCUT2D eigenvalue weighted by Crippen LogP contribution is -2.25. The Kier molecular flexibility index (Phi) is 28.3. The highest BCUT2D eigenvalue weighted by atomic mass is 16.6. The molecule has 0 aliphatic carbocycles. The van der Waals surface area contributed by atoms with Crippen LogP contribution in [-0.2, 0) is 19.1 Å². The maximum Gasteiger partial charge on any atom is 0.305 e. The van der Waals surface area contributed by atoms with Gasteiger partial charge in [0.1, 0.15) is 19.3 Å². The summed E-state index contributed by atoms with van der Waals surface area (Å²) in [6.07, 6.45) is 33.8. The lowest BCUT2D eigenvalue weighted by Gasteiger charge is -2.12. The van der Waals surface area contributed by atoms with Gasteiger partial charge in [-0.15, -0.1) is 0 Å². The molecule has 0 heterocycles. The van der Waals surface area contributed by atoms with E-state index in [2.05, 4.69) is 56.4 Å². The zero-order chi connectivity index (χ0) is 31.1. The van der Waals surface area contributed by atoms with Gasteiger partial charge in [0.2, 0.25) is 0 Å². The van der Waals surface area contributed by atoms with Crippen LogP contribution in [0.2, 0.25) is 0 Å². The molecule has 0 aromatic carbocycles. The molecule has 0 spiro atoms. The van der Waals surface area contributed by atoms with Crippen LogP contribution >= 0.6 is 0 Å². The second kappa shape index (κ2) is 30.0. The van der Waals surface area contributed by atoms with E-state index >= 15 is 0 Å². The molecule has 42 heavy (non-hydrogen) atoms. The molecular formula is C36H60O6. The Hall–Kier alpha value is -2.44. The number of aliphatic hydroxyl groups is 2. The van der Waals surface area contributed by atoms with Crippen molar-refractivity contribution in [3.8, 4) is 0 Å². The van der Waals surface area contributed by atoms with Crippen molar-refractivity contribution in [3.05, 3.63) is 60.8 Å². The fourth-order valence-electron chi connectivity index (χ4n) is 3.96. The molecule has 0 aromatic heterocycles. The van der Waals surface area contributed by atoms with Crippen molar-refractivity contribution >= 4 is 11.9 Å². The van der Waals surface area contributed by atoms with E-state index in [1.165, 1.54) is 32.1 Å². The first-order valence-electron chi connectivity index (χ1n) is 16.3. The third kappa shape index (κ3) is 30.5. The Morgan fingerprint density at radius 2 is 1.14 bits per heavy atom. The van der Waals surface area contributed by atoms with E-state index in [9.17, 15) is 19.8 Å². The van der Waals surface area contributed by atoms with E-state index in [-0.39, 0.29) is 31.3 Å². The summed E-state index contributed by atoms with van der Waals surface area (Å²) in [5.74, 6) is 0.124. The van der Waals surface area contributed by atoms with Gasteiger partial charge in [-0.2, -0.15) is 0 Å². The van der Waals surface area contributed by atoms with Crippen LogP contribution < -0.4 is 0 Å². The van der Waals surface area contributed by atoms with Crippen molar-refractivity contribution < 1.29 is 29.3 Å². The Bertz CT molecular complexity index is 793. The quantitative estimate of drug-likeness (QED) is 0.0433. The van der Waals surface area contributed by atoms with Crippen molar-refractivity contribution in [1.82, 2.24) is 0 Å². The SMILES string of the molecule is CC[C@H](O)/C=C/C=C\C/C=C\C/C=C\C/C=C\CCCC(=O)OC[C@@H](O)COC(=O)CCCCCCCCCC(C)C. The summed E-state index contributed by atoms with van der Waals surface area (Å²) in [6.45, 7) is 6.17. The fraction of sp³-hybridized carbons (Fsp3) is 0.667. The van der Waals surface area contributed by atoms with Crippen LogP contribution in [0, 0.1) is 5.92 Å². The van der Waals surface area contributed by atoms with Gasteiger partial charge < -0.3 is 19.7 Å². The van der Waals surface area contributed by atoms with Crippen molar-refractivity contribution in [2.24, 2.45) is 5.92 Å². The minimum atomic E-state index is -0.996. The topological polar surface area (TPSA) is 93.1 Å². The number of hydrogen-bond donors (Lipinski definition) is 2. The molecule has 2 atom stereocenters. The molecule has 0 aliphatic heterocycles. The first-order valence-corrected chi connectivity index (χ1v) is 16.3. The fourth-order valence-corrected chi connectivity index (χ4v) is 3.96.